The maximum atomic E-state index is 2.49. The van der Waals surface area contributed by atoms with Crippen LogP contribution in [0, 0.1) is 0 Å². The fourth-order valence-electron chi connectivity index (χ4n) is 10.3. The van der Waals surface area contributed by atoms with E-state index in [1.807, 2.05) is 11.3 Å². The van der Waals surface area contributed by atoms with Crippen LogP contribution in [0.3, 0.4) is 0 Å². The van der Waals surface area contributed by atoms with Gasteiger partial charge in [-0.05, 0) is 97.6 Å². The van der Waals surface area contributed by atoms with E-state index in [0.717, 1.165) is 22.6 Å². The van der Waals surface area contributed by atoms with Gasteiger partial charge in [0.1, 0.15) is 0 Å². The van der Waals surface area contributed by atoms with E-state index in [1.54, 1.807) is 0 Å². The van der Waals surface area contributed by atoms with Gasteiger partial charge in [0.2, 0.25) is 0 Å². The van der Waals surface area contributed by atoms with Gasteiger partial charge >= 0.3 is 0 Å². The van der Waals surface area contributed by atoms with Crippen molar-refractivity contribution in [3.05, 3.63) is 271 Å². The predicted molar refractivity (Wildman–Crippen MR) is 268 cm³/mol. The summed E-state index contributed by atoms with van der Waals surface area (Å²) < 4.78 is 2.57. The number of benzene rings is 10. The fourth-order valence-corrected chi connectivity index (χ4v) is 11.4. The molecule has 0 saturated carbocycles. The number of thiophene rings is 1. The molecule has 0 bridgehead atoms. The molecule has 1 aliphatic carbocycles. The zero-order chi connectivity index (χ0) is 41.7. The Bertz CT molecular complexity index is 3420. The molecule has 0 aliphatic heterocycles. The number of rotatable bonds is 8. The first-order chi connectivity index (χ1) is 31.3. The molecule has 11 aromatic rings. The molecule has 0 saturated heterocycles. The molecule has 1 nitrogen and oxygen atoms in total. The Morgan fingerprint density at radius 1 is 0.302 bits per heavy atom. The molecule has 63 heavy (non-hydrogen) atoms. The number of anilines is 3. The monoisotopic (exact) mass is 819 g/mol. The molecule has 10 aromatic carbocycles. The number of fused-ring (bicyclic) bond motifs is 6. The van der Waals surface area contributed by atoms with Gasteiger partial charge < -0.3 is 4.90 Å². The average molecular weight is 820 g/mol. The Labute approximate surface area is 372 Å². The summed E-state index contributed by atoms with van der Waals surface area (Å²) in [6.07, 6.45) is 0. The normalized spacial score (nSPS) is 12.6. The molecule has 0 radical (unpaired) electrons. The van der Waals surface area contributed by atoms with Crippen LogP contribution in [0.2, 0.25) is 0 Å². The standard InChI is InChI=1S/C61H41NS/c1-4-20-42(21-5-1)47-26-10-11-27-48(47)49-28-12-13-29-50(49)52-31-15-18-34-58(52)62(46-36-38-54-53-32-16-19-35-59(53)63-60(54)41-46)45-37-39-57-55(40-45)51-30-14-17-33-56(51)61(57,43-22-6-2-7-23-43)44-24-8-3-9-25-44/h1-41H. The number of nitrogens with zero attached hydrogens (tertiary/aromatic N) is 1. The van der Waals surface area contributed by atoms with Gasteiger partial charge in [-0.2, -0.15) is 0 Å². The molecule has 1 aromatic heterocycles. The van der Waals surface area contributed by atoms with E-state index in [4.69, 9.17) is 0 Å². The van der Waals surface area contributed by atoms with Gasteiger partial charge in [-0.1, -0.05) is 212 Å². The highest BCUT2D eigenvalue weighted by molar-refractivity contribution is 7.25. The summed E-state index contributed by atoms with van der Waals surface area (Å²) in [6.45, 7) is 0. The smallest absolute Gasteiger partial charge is 0.0713 e. The minimum Gasteiger partial charge on any atom is -0.310 e. The van der Waals surface area contributed by atoms with Crippen LogP contribution in [0.4, 0.5) is 17.1 Å². The first-order valence-corrected chi connectivity index (χ1v) is 22.5. The highest BCUT2D eigenvalue weighted by Gasteiger charge is 2.46. The lowest BCUT2D eigenvalue weighted by molar-refractivity contribution is 0.768. The second kappa shape index (κ2) is 15.3. The topological polar surface area (TPSA) is 3.24 Å². The van der Waals surface area contributed by atoms with E-state index in [-0.39, 0.29) is 0 Å². The van der Waals surface area contributed by atoms with Gasteiger partial charge in [0.25, 0.3) is 0 Å². The third-order valence-electron chi connectivity index (χ3n) is 13.0. The van der Waals surface area contributed by atoms with Crippen molar-refractivity contribution in [3.63, 3.8) is 0 Å². The Hall–Kier alpha value is -7.78. The summed E-state index contributed by atoms with van der Waals surface area (Å²) in [4.78, 5) is 2.49. The summed E-state index contributed by atoms with van der Waals surface area (Å²) in [7, 11) is 0. The maximum Gasteiger partial charge on any atom is 0.0713 e. The second-order valence-corrected chi connectivity index (χ2v) is 17.4. The quantitative estimate of drug-likeness (QED) is 0.148. The highest BCUT2D eigenvalue weighted by Crippen LogP contribution is 2.57. The van der Waals surface area contributed by atoms with E-state index in [1.165, 1.54) is 81.4 Å². The van der Waals surface area contributed by atoms with Crippen molar-refractivity contribution in [2.75, 3.05) is 4.90 Å². The largest absolute Gasteiger partial charge is 0.310 e. The zero-order valence-electron chi connectivity index (χ0n) is 34.5. The third-order valence-corrected chi connectivity index (χ3v) is 14.1. The Kier molecular flexibility index (Phi) is 8.98. The summed E-state index contributed by atoms with van der Waals surface area (Å²) in [6, 6.07) is 91.6. The van der Waals surface area contributed by atoms with Crippen molar-refractivity contribution in [3.8, 4) is 44.5 Å². The number of hydrogen-bond donors (Lipinski definition) is 0. The summed E-state index contributed by atoms with van der Waals surface area (Å²) in [5, 5.41) is 2.59. The number of hydrogen-bond acceptors (Lipinski definition) is 2. The van der Waals surface area contributed by atoms with E-state index in [2.05, 4.69) is 254 Å². The van der Waals surface area contributed by atoms with Gasteiger partial charge in [-0.3, -0.25) is 0 Å². The molecular formula is C61H41NS. The maximum absolute atomic E-state index is 2.49. The minimum atomic E-state index is -0.475. The summed E-state index contributed by atoms with van der Waals surface area (Å²) in [5.41, 5.74) is 17.7. The van der Waals surface area contributed by atoms with Gasteiger partial charge in [0.15, 0.2) is 0 Å². The van der Waals surface area contributed by atoms with Crippen LogP contribution in [0.25, 0.3) is 64.7 Å². The predicted octanol–water partition coefficient (Wildman–Crippen LogP) is 16.9. The van der Waals surface area contributed by atoms with Crippen molar-refractivity contribution in [1.82, 2.24) is 0 Å². The molecule has 0 unspecified atom stereocenters. The minimum absolute atomic E-state index is 0.475. The van der Waals surface area contributed by atoms with Gasteiger partial charge in [0, 0.05) is 37.1 Å². The molecule has 1 heterocycles. The highest BCUT2D eigenvalue weighted by atomic mass is 32.1. The average Bonchev–Trinajstić information content (AvgIpc) is 3.88. The molecule has 0 N–H and O–H groups in total. The van der Waals surface area contributed by atoms with Crippen molar-refractivity contribution in [2.24, 2.45) is 0 Å². The third kappa shape index (κ3) is 5.98. The molecule has 0 spiro atoms. The zero-order valence-corrected chi connectivity index (χ0v) is 35.3. The van der Waals surface area contributed by atoms with E-state index < -0.39 is 5.41 Å². The Balaban J connectivity index is 1.11. The number of para-hydroxylation sites is 1. The first kappa shape index (κ1) is 37.0. The Morgan fingerprint density at radius 2 is 0.778 bits per heavy atom. The molecule has 296 valence electrons. The molecule has 0 fully saturated rings. The van der Waals surface area contributed by atoms with Crippen LogP contribution in [0.5, 0.6) is 0 Å². The van der Waals surface area contributed by atoms with Crippen LogP contribution < -0.4 is 4.90 Å². The first-order valence-electron chi connectivity index (χ1n) is 21.7. The molecule has 1 aliphatic rings. The van der Waals surface area contributed by atoms with E-state index >= 15 is 0 Å². The van der Waals surface area contributed by atoms with Crippen molar-refractivity contribution >= 4 is 48.6 Å². The van der Waals surface area contributed by atoms with Crippen molar-refractivity contribution in [2.45, 2.75) is 5.41 Å². The summed E-state index contributed by atoms with van der Waals surface area (Å²) >= 11 is 1.86. The fraction of sp³-hybridized carbons (Fsp3) is 0.0164. The van der Waals surface area contributed by atoms with Gasteiger partial charge in [-0.25, -0.2) is 0 Å². The van der Waals surface area contributed by atoms with Crippen LogP contribution >= 0.6 is 11.3 Å². The second-order valence-electron chi connectivity index (χ2n) is 16.3. The van der Waals surface area contributed by atoms with Crippen LogP contribution in [0.1, 0.15) is 22.3 Å². The molecule has 12 rings (SSSR count). The molecule has 0 amide bonds. The SMILES string of the molecule is c1ccc(-c2ccccc2-c2ccccc2-c2ccccc2N(c2ccc3c(c2)-c2ccccc2C3(c2ccccc2)c2ccccc2)c2ccc3c(c2)sc2ccccc23)cc1. The van der Waals surface area contributed by atoms with Crippen molar-refractivity contribution < 1.29 is 0 Å². The Morgan fingerprint density at radius 3 is 1.49 bits per heavy atom. The van der Waals surface area contributed by atoms with Gasteiger partial charge in [0.05, 0.1) is 11.1 Å². The van der Waals surface area contributed by atoms with Crippen LogP contribution in [-0.2, 0) is 5.41 Å². The van der Waals surface area contributed by atoms with Crippen molar-refractivity contribution in [1.29, 1.82) is 0 Å². The lowest BCUT2D eigenvalue weighted by atomic mass is 9.68. The van der Waals surface area contributed by atoms with E-state index in [0.29, 0.717) is 0 Å². The lowest BCUT2D eigenvalue weighted by Gasteiger charge is -2.34. The lowest BCUT2D eigenvalue weighted by Crippen LogP contribution is -2.28. The van der Waals surface area contributed by atoms with Gasteiger partial charge in [-0.15, -0.1) is 11.3 Å². The molecule has 0 atom stereocenters. The molecule has 2 heteroatoms. The summed E-state index contributed by atoms with van der Waals surface area (Å²) in [5.74, 6) is 0. The van der Waals surface area contributed by atoms with Crippen LogP contribution in [-0.4, -0.2) is 0 Å². The van der Waals surface area contributed by atoms with E-state index in [9.17, 15) is 0 Å². The molecular weight excluding hydrogens is 779 g/mol. The van der Waals surface area contributed by atoms with Crippen LogP contribution in [0.15, 0.2) is 249 Å².